The lowest BCUT2D eigenvalue weighted by atomic mass is 9.85. The zero-order valence-corrected chi connectivity index (χ0v) is 8.45. The van der Waals surface area contributed by atoms with Crippen molar-refractivity contribution in [1.82, 2.24) is 4.90 Å². The van der Waals surface area contributed by atoms with Crippen molar-refractivity contribution in [3.8, 4) is 0 Å². The van der Waals surface area contributed by atoms with Crippen molar-refractivity contribution in [3.05, 3.63) is 0 Å². The molecule has 0 amide bonds. The van der Waals surface area contributed by atoms with Crippen molar-refractivity contribution >= 4 is 0 Å². The molecule has 2 unspecified atom stereocenters. The molecule has 1 saturated carbocycles. The highest BCUT2D eigenvalue weighted by molar-refractivity contribution is 4.76. The van der Waals surface area contributed by atoms with Crippen LogP contribution < -0.4 is 0 Å². The average molecular weight is 171 g/mol. The third-order valence-corrected chi connectivity index (χ3v) is 3.16. The molecular weight excluding hydrogens is 150 g/mol. The van der Waals surface area contributed by atoms with Crippen molar-refractivity contribution in [1.29, 1.82) is 0 Å². The summed E-state index contributed by atoms with van der Waals surface area (Å²) in [6, 6.07) is 0.297. The van der Waals surface area contributed by atoms with Crippen molar-refractivity contribution in [2.24, 2.45) is 5.92 Å². The Morgan fingerprint density at radius 3 is 2.33 bits per heavy atom. The van der Waals surface area contributed by atoms with Crippen molar-refractivity contribution < 1.29 is 5.11 Å². The number of hydrogen-bond donors (Lipinski definition) is 1. The summed E-state index contributed by atoms with van der Waals surface area (Å²) in [6.45, 7) is 5.11. The Balaban J connectivity index is 2.21. The first kappa shape index (κ1) is 10.0. The van der Waals surface area contributed by atoms with E-state index in [0.717, 1.165) is 12.5 Å². The van der Waals surface area contributed by atoms with Crippen molar-refractivity contribution in [2.45, 2.75) is 45.3 Å². The van der Waals surface area contributed by atoms with E-state index in [0.29, 0.717) is 6.04 Å². The van der Waals surface area contributed by atoms with Gasteiger partial charge in [0.15, 0.2) is 0 Å². The normalized spacial score (nSPS) is 23.8. The van der Waals surface area contributed by atoms with Gasteiger partial charge in [-0.2, -0.15) is 0 Å². The summed E-state index contributed by atoms with van der Waals surface area (Å²) in [4.78, 5) is 2.27. The van der Waals surface area contributed by atoms with Gasteiger partial charge < -0.3 is 10.0 Å². The van der Waals surface area contributed by atoms with E-state index in [9.17, 15) is 5.11 Å². The molecule has 0 aromatic heterocycles. The molecule has 0 spiro atoms. The largest absolute Gasteiger partial charge is 0.392 e. The summed E-state index contributed by atoms with van der Waals surface area (Å²) in [5.41, 5.74) is 0. The number of aliphatic hydroxyl groups excluding tert-OH is 1. The fourth-order valence-corrected chi connectivity index (χ4v) is 1.62. The molecule has 0 heterocycles. The summed E-state index contributed by atoms with van der Waals surface area (Å²) in [6.07, 6.45) is 3.96. The standard InChI is InChI=1S/C10H21NO/c1-8(9(2)12)11(3)7-10-5-4-6-10/h8-10,12H,4-7H2,1-3H3. The molecule has 2 heteroatoms. The molecule has 1 aliphatic rings. The van der Waals surface area contributed by atoms with Gasteiger partial charge >= 0.3 is 0 Å². The van der Waals surface area contributed by atoms with Gasteiger partial charge in [-0.05, 0) is 39.7 Å². The van der Waals surface area contributed by atoms with Crippen LogP contribution >= 0.6 is 0 Å². The summed E-state index contributed by atoms with van der Waals surface area (Å²) in [7, 11) is 2.11. The Morgan fingerprint density at radius 1 is 1.42 bits per heavy atom. The molecule has 0 radical (unpaired) electrons. The molecule has 1 aliphatic carbocycles. The van der Waals surface area contributed by atoms with Gasteiger partial charge in [0.25, 0.3) is 0 Å². The topological polar surface area (TPSA) is 23.5 Å². The predicted molar refractivity (Wildman–Crippen MR) is 51.1 cm³/mol. The maximum Gasteiger partial charge on any atom is 0.0664 e. The van der Waals surface area contributed by atoms with Crippen LogP contribution in [0.1, 0.15) is 33.1 Å². The average Bonchev–Trinajstić information content (AvgIpc) is 1.94. The molecule has 0 bridgehead atoms. The van der Waals surface area contributed by atoms with E-state index in [2.05, 4.69) is 18.9 Å². The first-order valence-corrected chi connectivity index (χ1v) is 4.99. The Labute approximate surface area is 75.6 Å². The van der Waals surface area contributed by atoms with Crippen molar-refractivity contribution in [3.63, 3.8) is 0 Å². The number of rotatable bonds is 4. The van der Waals surface area contributed by atoms with Crippen LogP contribution in [-0.2, 0) is 0 Å². The molecule has 0 saturated heterocycles. The second kappa shape index (κ2) is 4.24. The van der Waals surface area contributed by atoms with Crippen LogP contribution in [0.5, 0.6) is 0 Å². The van der Waals surface area contributed by atoms with Gasteiger partial charge in [0.2, 0.25) is 0 Å². The Kier molecular flexibility index (Phi) is 3.53. The highest BCUT2D eigenvalue weighted by Crippen LogP contribution is 2.27. The highest BCUT2D eigenvalue weighted by Gasteiger charge is 2.22. The number of aliphatic hydroxyl groups is 1. The van der Waals surface area contributed by atoms with E-state index in [1.165, 1.54) is 19.3 Å². The van der Waals surface area contributed by atoms with E-state index in [1.54, 1.807) is 0 Å². The fourth-order valence-electron chi connectivity index (χ4n) is 1.62. The molecule has 2 atom stereocenters. The monoisotopic (exact) mass is 171 g/mol. The number of nitrogens with zero attached hydrogens (tertiary/aromatic N) is 1. The lowest BCUT2D eigenvalue weighted by Crippen LogP contribution is -2.41. The molecule has 2 nitrogen and oxygen atoms in total. The van der Waals surface area contributed by atoms with Gasteiger partial charge in [0.1, 0.15) is 0 Å². The van der Waals surface area contributed by atoms with E-state index >= 15 is 0 Å². The fraction of sp³-hybridized carbons (Fsp3) is 1.00. The first-order chi connectivity index (χ1) is 5.61. The van der Waals surface area contributed by atoms with Gasteiger partial charge in [0, 0.05) is 12.6 Å². The first-order valence-electron chi connectivity index (χ1n) is 4.99. The molecule has 72 valence electrons. The van der Waals surface area contributed by atoms with Gasteiger partial charge in [0.05, 0.1) is 6.10 Å². The highest BCUT2D eigenvalue weighted by atomic mass is 16.3. The molecule has 0 aromatic rings. The van der Waals surface area contributed by atoms with Crippen LogP contribution in [0.2, 0.25) is 0 Å². The maximum absolute atomic E-state index is 9.35. The minimum absolute atomic E-state index is 0.213. The SMILES string of the molecule is CC(O)C(C)N(C)CC1CCC1. The number of hydrogen-bond acceptors (Lipinski definition) is 2. The smallest absolute Gasteiger partial charge is 0.0664 e. The quantitative estimate of drug-likeness (QED) is 0.692. The lowest BCUT2D eigenvalue weighted by molar-refractivity contribution is 0.0675. The predicted octanol–water partition coefficient (Wildman–Crippen LogP) is 1.49. The maximum atomic E-state index is 9.35. The molecule has 0 aliphatic heterocycles. The molecule has 12 heavy (non-hydrogen) atoms. The third-order valence-electron chi connectivity index (χ3n) is 3.16. The number of likely N-dealkylation sites (N-methyl/N-ethyl adjacent to an activating group) is 1. The van der Waals surface area contributed by atoms with Gasteiger partial charge in [-0.3, -0.25) is 0 Å². The van der Waals surface area contributed by atoms with Gasteiger partial charge in [-0.15, -0.1) is 0 Å². The molecule has 1 rings (SSSR count). The van der Waals surface area contributed by atoms with E-state index in [1.807, 2.05) is 6.92 Å². The molecule has 0 aromatic carbocycles. The second-order valence-corrected chi connectivity index (χ2v) is 4.22. The minimum atomic E-state index is -0.213. The Morgan fingerprint density at radius 2 is 2.00 bits per heavy atom. The third kappa shape index (κ3) is 2.46. The van der Waals surface area contributed by atoms with Crippen LogP contribution in [0.4, 0.5) is 0 Å². The molecule has 1 N–H and O–H groups in total. The Bertz CT molecular complexity index is 132. The zero-order chi connectivity index (χ0) is 9.14. The van der Waals surface area contributed by atoms with E-state index in [-0.39, 0.29) is 6.10 Å². The summed E-state index contributed by atoms with van der Waals surface area (Å²) >= 11 is 0. The summed E-state index contributed by atoms with van der Waals surface area (Å²) in [5, 5.41) is 9.35. The van der Waals surface area contributed by atoms with Crippen LogP contribution in [0.15, 0.2) is 0 Å². The zero-order valence-electron chi connectivity index (χ0n) is 8.45. The second-order valence-electron chi connectivity index (χ2n) is 4.22. The van der Waals surface area contributed by atoms with E-state index < -0.39 is 0 Å². The van der Waals surface area contributed by atoms with Crippen LogP contribution in [0.3, 0.4) is 0 Å². The Hall–Kier alpha value is -0.0800. The summed E-state index contributed by atoms with van der Waals surface area (Å²) < 4.78 is 0. The molecule has 1 fully saturated rings. The van der Waals surface area contributed by atoms with E-state index in [4.69, 9.17) is 0 Å². The minimum Gasteiger partial charge on any atom is -0.392 e. The van der Waals surface area contributed by atoms with Gasteiger partial charge in [-0.1, -0.05) is 6.42 Å². The lowest BCUT2D eigenvalue weighted by Gasteiger charge is -2.34. The van der Waals surface area contributed by atoms with Crippen LogP contribution in [-0.4, -0.2) is 35.7 Å². The molecular formula is C10H21NO. The van der Waals surface area contributed by atoms with Crippen molar-refractivity contribution in [2.75, 3.05) is 13.6 Å². The van der Waals surface area contributed by atoms with Gasteiger partial charge in [-0.25, -0.2) is 0 Å². The van der Waals surface area contributed by atoms with Crippen LogP contribution in [0, 0.1) is 5.92 Å². The van der Waals surface area contributed by atoms with Crippen LogP contribution in [0.25, 0.3) is 0 Å². The summed E-state index contributed by atoms with van der Waals surface area (Å²) in [5.74, 6) is 0.899.